The average Bonchev–Trinajstić information content (AvgIpc) is 2.97. The third-order valence-corrected chi connectivity index (χ3v) is 5.72. The summed E-state index contributed by atoms with van der Waals surface area (Å²) in [4.78, 5) is 33.8. The summed E-state index contributed by atoms with van der Waals surface area (Å²) in [5.41, 5.74) is -0.296. The van der Waals surface area contributed by atoms with E-state index in [1.54, 1.807) is 0 Å². The number of hydrogen-bond donors (Lipinski definition) is 0. The Hall–Kier alpha value is -1.30. The molecule has 0 aromatic heterocycles. The Bertz CT molecular complexity index is 460. The largest absolute Gasteiger partial charge is 0.342 e. The lowest BCUT2D eigenvalue weighted by Crippen LogP contribution is -2.53. The number of carbonyl (C=O) groups is 2. The second-order valence-electron chi connectivity index (χ2n) is 7.42. The molecule has 1 spiro atoms. The first-order valence-corrected chi connectivity index (χ1v) is 9.07. The molecule has 3 amide bonds. The Balaban J connectivity index is 1.63. The van der Waals surface area contributed by atoms with Gasteiger partial charge in [-0.25, -0.2) is 4.79 Å². The molecule has 0 N–H and O–H groups in total. The van der Waals surface area contributed by atoms with E-state index in [2.05, 4.69) is 18.9 Å². The predicted octanol–water partition coefficient (Wildman–Crippen LogP) is 1.08. The van der Waals surface area contributed by atoms with E-state index >= 15 is 0 Å². The monoisotopic (exact) mass is 322 g/mol. The number of carbonyl (C=O) groups excluding carboxylic acids is 2. The van der Waals surface area contributed by atoms with Crippen molar-refractivity contribution in [1.29, 1.82) is 0 Å². The summed E-state index contributed by atoms with van der Waals surface area (Å²) >= 11 is 0. The van der Waals surface area contributed by atoms with E-state index in [0.29, 0.717) is 12.5 Å². The zero-order valence-corrected chi connectivity index (χ0v) is 14.6. The summed E-state index contributed by atoms with van der Waals surface area (Å²) < 4.78 is 0. The molecular formula is C17H30N4O2. The molecule has 3 fully saturated rings. The van der Waals surface area contributed by atoms with Gasteiger partial charge in [0, 0.05) is 52.4 Å². The molecule has 1 atom stereocenters. The van der Waals surface area contributed by atoms with Crippen molar-refractivity contribution in [2.45, 2.75) is 32.6 Å². The van der Waals surface area contributed by atoms with Gasteiger partial charge in [0.1, 0.15) is 0 Å². The lowest BCUT2D eigenvalue weighted by atomic mass is 9.78. The van der Waals surface area contributed by atoms with Gasteiger partial charge in [0.05, 0.1) is 5.41 Å². The first kappa shape index (κ1) is 16.6. The number of hydrogen-bond acceptors (Lipinski definition) is 3. The van der Waals surface area contributed by atoms with Crippen LogP contribution in [0.15, 0.2) is 0 Å². The smallest absolute Gasteiger partial charge is 0.320 e. The highest BCUT2D eigenvalue weighted by atomic mass is 16.2. The number of likely N-dealkylation sites (N-methyl/N-ethyl adjacent to an activating group) is 1. The number of urea groups is 1. The van der Waals surface area contributed by atoms with Crippen LogP contribution < -0.4 is 0 Å². The number of amides is 3. The minimum Gasteiger partial charge on any atom is -0.342 e. The molecule has 130 valence electrons. The first-order valence-electron chi connectivity index (χ1n) is 9.07. The van der Waals surface area contributed by atoms with E-state index in [4.69, 9.17) is 0 Å². The van der Waals surface area contributed by atoms with Gasteiger partial charge >= 0.3 is 6.03 Å². The standard InChI is InChI=1S/C17H30N4O2/c1-3-7-19-8-4-5-17(15(19)22)6-9-21(14-17)16(23)20-12-10-18(2)11-13-20/h3-14H2,1-2H3/t17-/m0/s1. The van der Waals surface area contributed by atoms with E-state index in [-0.39, 0.29) is 11.4 Å². The fraction of sp³-hybridized carbons (Fsp3) is 0.882. The molecule has 0 aromatic rings. The van der Waals surface area contributed by atoms with Crippen LogP contribution in [0.2, 0.25) is 0 Å². The zero-order valence-electron chi connectivity index (χ0n) is 14.6. The molecule has 0 saturated carbocycles. The molecule has 23 heavy (non-hydrogen) atoms. The van der Waals surface area contributed by atoms with Crippen LogP contribution in [0.1, 0.15) is 32.6 Å². The zero-order chi connectivity index (χ0) is 16.4. The van der Waals surface area contributed by atoms with Crippen molar-refractivity contribution >= 4 is 11.9 Å². The van der Waals surface area contributed by atoms with E-state index in [1.165, 1.54) is 0 Å². The summed E-state index contributed by atoms with van der Waals surface area (Å²) in [5.74, 6) is 0.291. The fourth-order valence-corrected chi connectivity index (χ4v) is 4.25. The third-order valence-electron chi connectivity index (χ3n) is 5.72. The molecule has 0 bridgehead atoms. The molecule has 0 radical (unpaired) electrons. The highest BCUT2D eigenvalue weighted by molar-refractivity contribution is 5.85. The van der Waals surface area contributed by atoms with Gasteiger partial charge in [0.2, 0.25) is 5.91 Å². The Kier molecular flexibility index (Phi) is 4.80. The van der Waals surface area contributed by atoms with Gasteiger partial charge in [-0.05, 0) is 32.7 Å². The molecule has 3 saturated heterocycles. The molecule has 6 heteroatoms. The van der Waals surface area contributed by atoms with Crippen molar-refractivity contribution in [3.05, 3.63) is 0 Å². The van der Waals surface area contributed by atoms with E-state index in [9.17, 15) is 9.59 Å². The summed E-state index contributed by atoms with van der Waals surface area (Å²) in [6.07, 6.45) is 3.86. The van der Waals surface area contributed by atoms with Crippen molar-refractivity contribution in [2.75, 3.05) is 59.4 Å². The summed E-state index contributed by atoms with van der Waals surface area (Å²) in [6.45, 7) is 8.69. The Morgan fingerprint density at radius 2 is 1.78 bits per heavy atom. The SMILES string of the molecule is CCCN1CCC[C@@]2(CCN(C(=O)N3CCN(C)CC3)C2)C1=O. The molecule has 0 unspecified atom stereocenters. The summed E-state index contributed by atoms with van der Waals surface area (Å²) in [5, 5.41) is 0. The van der Waals surface area contributed by atoms with E-state index < -0.39 is 0 Å². The second kappa shape index (κ2) is 6.67. The molecule has 3 aliphatic heterocycles. The number of rotatable bonds is 2. The molecule has 0 aromatic carbocycles. The summed E-state index contributed by atoms with van der Waals surface area (Å²) in [6, 6.07) is 0.135. The molecule has 0 aliphatic carbocycles. The molecule has 3 heterocycles. The van der Waals surface area contributed by atoms with E-state index in [1.807, 2.05) is 14.7 Å². The second-order valence-corrected chi connectivity index (χ2v) is 7.42. The maximum atomic E-state index is 12.9. The lowest BCUT2D eigenvalue weighted by molar-refractivity contribution is -0.145. The van der Waals surface area contributed by atoms with Gasteiger partial charge < -0.3 is 19.6 Å². The molecule has 6 nitrogen and oxygen atoms in total. The molecular weight excluding hydrogens is 292 g/mol. The van der Waals surface area contributed by atoms with Gasteiger partial charge in [-0.15, -0.1) is 0 Å². The van der Waals surface area contributed by atoms with Gasteiger partial charge in [0.25, 0.3) is 0 Å². The number of likely N-dealkylation sites (tertiary alicyclic amines) is 2. The topological polar surface area (TPSA) is 47.1 Å². The minimum absolute atomic E-state index is 0.135. The van der Waals surface area contributed by atoms with Crippen LogP contribution in [-0.2, 0) is 4.79 Å². The third kappa shape index (κ3) is 3.18. The van der Waals surface area contributed by atoms with Gasteiger partial charge in [0.15, 0.2) is 0 Å². The van der Waals surface area contributed by atoms with Gasteiger partial charge in [-0.1, -0.05) is 6.92 Å². The average molecular weight is 322 g/mol. The maximum Gasteiger partial charge on any atom is 0.320 e. The molecule has 3 aliphatic rings. The number of nitrogens with zero attached hydrogens (tertiary/aromatic N) is 4. The normalized spacial score (nSPS) is 29.7. The van der Waals surface area contributed by atoms with Crippen LogP contribution >= 0.6 is 0 Å². The van der Waals surface area contributed by atoms with Crippen LogP contribution in [0.4, 0.5) is 4.79 Å². The molecule has 3 rings (SSSR count). The van der Waals surface area contributed by atoms with Crippen LogP contribution in [0, 0.1) is 5.41 Å². The van der Waals surface area contributed by atoms with Crippen molar-refractivity contribution in [1.82, 2.24) is 19.6 Å². The Labute approximate surface area is 139 Å². The highest BCUT2D eigenvalue weighted by Gasteiger charge is 2.49. The Morgan fingerprint density at radius 3 is 2.48 bits per heavy atom. The lowest BCUT2D eigenvalue weighted by Gasteiger charge is -2.40. The van der Waals surface area contributed by atoms with Gasteiger partial charge in [-0.3, -0.25) is 4.79 Å². The van der Waals surface area contributed by atoms with Crippen LogP contribution in [-0.4, -0.2) is 90.9 Å². The minimum atomic E-state index is -0.296. The quantitative estimate of drug-likeness (QED) is 0.764. The number of piperidine rings is 1. The van der Waals surface area contributed by atoms with Crippen LogP contribution in [0.3, 0.4) is 0 Å². The van der Waals surface area contributed by atoms with Crippen LogP contribution in [0.5, 0.6) is 0 Å². The van der Waals surface area contributed by atoms with Crippen molar-refractivity contribution in [2.24, 2.45) is 5.41 Å². The Morgan fingerprint density at radius 1 is 1.04 bits per heavy atom. The summed E-state index contributed by atoms with van der Waals surface area (Å²) in [7, 11) is 2.09. The number of piperazine rings is 1. The van der Waals surface area contributed by atoms with E-state index in [0.717, 1.165) is 71.5 Å². The van der Waals surface area contributed by atoms with Gasteiger partial charge in [-0.2, -0.15) is 0 Å². The van der Waals surface area contributed by atoms with Crippen LogP contribution in [0.25, 0.3) is 0 Å². The highest BCUT2D eigenvalue weighted by Crippen LogP contribution is 2.40. The fourth-order valence-electron chi connectivity index (χ4n) is 4.25. The van der Waals surface area contributed by atoms with Crippen molar-refractivity contribution in [3.63, 3.8) is 0 Å². The maximum absolute atomic E-state index is 12.9. The van der Waals surface area contributed by atoms with Crippen molar-refractivity contribution in [3.8, 4) is 0 Å². The van der Waals surface area contributed by atoms with Crippen molar-refractivity contribution < 1.29 is 9.59 Å². The predicted molar refractivity (Wildman–Crippen MR) is 89.2 cm³/mol. The first-order chi connectivity index (χ1) is 11.1.